The molecule has 1 aromatic heterocycles. The van der Waals surface area contributed by atoms with E-state index < -0.39 is 29.2 Å². The number of carboxylic acid groups (broad SMARTS) is 1. The molecule has 0 aliphatic carbocycles. The van der Waals surface area contributed by atoms with Gasteiger partial charge in [-0.1, -0.05) is 35.2 Å². The number of nitrogens with zero attached hydrogens (tertiary/aromatic N) is 4. The number of rotatable bonds is 9. The minimum absolute atomic E-state index is 0. The number of carboxylic acids is 1. The molecule has 1 aromatic carbocycles. The van der Waals surface area contributed by atoms with E-state index in [1.807, 2.05) is 0 Å². The molecule has 3 N–H and O–H groups in total. The number of allylic oxidation sites excluding steroid dienone is 1. The van der Waals surface area contributed by atoms with Crippen molar-refractivity contribution < 1.29 is 63.7 Å². The molecule has 3 aliphatic rings. The molecule has 2 aromatic rings. The van der Waals surface area contributed by atoms with Crippen molar-refractivity contribution in [2.24, 2.45) is 0 Å². The molecule has 4 heterocycles. The molecule has 2 fully saturated rings. The van der Waals surface area contributed by atoms with E-state index in [2.05, 4.69) is 20.8 Å². The van der Waals surface area contributed by atoms with Gasteiger partial charge in [-0.15, -0.1) is 22.0 Å². The molecule has 0 unspecified atom stereocenters. The number of thioether (sulfide) groups is 2. The number of benzene rings is 1. The number of carbonyl (C=O) groups is 5. The molecule has 3 aliphatic heterocycles. The topological polar surface area (TPSA) is 185 Å². The van der Waals surface area contributed by atoms with E-state index in [4.69, 9.17) is 0 Å². The number of aromatic nitrogens is 2. The summed E-state index contributed by atoms with van der Waals surface area (Å²) >= 11 is 3.49. The van der Waals surface area contributed by atoms with Crippen LogP contribution in [0.3, 0.4) is 0 Å². The number of likely N-dealkylation sites (tertiary alicyclic amines) is 1. The van der Waals surface area contributed by atoms with Gasteiger partial charge in [-0.3, -0.25) is 24.1 Å². The van der Waals surface area contributed by atoms with Gasteiger partial charge in [0.2, 0.25) is 22.9 Å². The molecule has 17 heteroatoms. The van der Waals surface area contributed by atoms with Gasteiger partial charge in [-0.25, -0.2) is 0 Å². The molecular formula is C25H23N6NaO7S3. The van der Waals surface area contributed by atoms with Crippen molar-refractivity contribution in [1.29, 1.82) is 0 Å². The van der Waals surface area contributed by atoms with Gasteiger partial charge in [0.15, 0.2) is 4.34 Å². The predicted molar refractivity (Wildman–Crippen MR) is 148 cm³/mol. The largest absolute Gasteiger partial charge is 1.00 e. The number of phenolic OH excluding ortho intramolecular Hbond substituents is 1. The van der Waals surface area contributed by atoms with Gasteiger partial charge in [0.05, 0.1) is 17.4 Å². The van der Waals surface area contributed by atoms with Gasteiger partial charge in [-0.2, -0.15) is 0 Å². The maximum absolute atomic E-state index is 13.0. The first-order chi connectivity index (χ1) is 19.6. The van der Waals surface area contributed by atoms with Crippen molar-refractivity contribution in [2.75, 3.05) is 23.4 Å². The molecule has 2 atom stereocenters. The third-order valence-corrected chi connectivity index (χ3v) is 9.67. The third kappa shape index (κ3) is 7.01. The molecule has 42 heavy (non-hydrogen) atoms. The molecule has 0 bridgehead atoms. The van der Waals surface area contributed by atoms with Crippen LogP contribution in [0.4, 0.5) is 5.13 Å². The average molecular weight is 639 g/mol. The summed E-state index contributed by atoms with van der Waals surface area (Å²) in [6.07, 6.45) is 1.95. The molecule has 5 rings (SSSR count). The number of anilines is 1. The van der Waals surface area contributed by atoms with Crippen molar-refractivity contribution in [3.8, 4) is 5.75 Å². The van der Waals surface area contributed by atoms with Crippen LogP contribution in [0, 0.1) is 0 Å². The Morgan fingerprint density at radius 3 is 2.64 bits per heavy atom. The summed E-state index contributed by atoms with van der Waals surface area (Å²) in [5.41, 5.74) is 1.29. The van der Waals surface area contributed by atoms with E-state index in [-0.39, 0.29) is 64.3 Å². The monoisotopic (exact) mass is 638 g/mol. The van der Waals surface area contributed by atoms with E-state index >= 15 is 0 Å². The van der Waals surface area contributed by atoms with Gasteiger partial charge in [-0.05, 0) is 35.8 Å². The van der Waals surface area contributed by atoms with E-state index in [1.54, 1.807) is 29.2 Å². The zero-order chi connectivity index (χ0) is 29.3. The summed E-state index contributed by atoms with van der Waals surface area (Å²) in [4.78, 5) is 64.4. The molecule has 13 nitrogen and oxygen atoms in total. The number of phenols is 1. The van der Waals surface area contributed by atoms with Crippen LogP contribution >= 0.6 is 34.9 Å². The second-order valence-electron chi connectivity index (χ2n) is 9.27. The number of nitrogens with one attached hydrogen (secondary N) is 2. The molecule has 4 amide bonds. The fourth-order valence-electron chi connectivity index (χ4n) is 4.54. The van der Waals surface area contributed by atoms with E-state index in [9.17, 15) is 34.2 Å². The maximum Gasteiger partial charge on any atom is 1.00 e. The van der Waals surface area contributed by atoms with E-state index in [0.717, 1.165) is 33.6 Å². The van der Waals surface area contributed by atoms with Crippen molar-refractivity contribution in [2.45, 2.75) is 35.6 Å². The van der Waals surface area contributed by atoms with Gasteiger partial charge in [0, 0.05) is 31.3 Å². The second kappa shape index (κ2) is 13.6. The molecule has 0 spiro atoms. The first kappa shape index (κ1) is 32.0. The SMILES string of the molecule is CC(=O)Nc1nnc(SCC(=O)N[C@@H]2C(=O)N3C(C(=O)[O-])=C(/C=C4\CCN(Cc5ccc(O)cc5)C4=O)CS[C@H]23)s1.[Na+]. The number of carbonyl (C=O) groups excluding carboxylic acids is 5. The molecular weight excluding hydrogens is 616 g/mol. The Balaban J connectivity index is 0.00000405. The van der Waals surface area contributed by atoms with Crippen LogP contribution in [0.15, 0.2) is 51.5 Å². The Morgan fingerprint density at radius 1 is 1.21 bits per heavy atom. The predicted octanol–water partition coefficient (Wildman–Crippen LogP) is -2.94. The standard InChI is InChI=1S/C25H24N6O7S3.Na/c1-12(32)26-24-28-29-25(41-24)40-11-17(34)27-18-21(36)31-19(23(37)38)15(10-39-22(18)31)8-14-6-7-30(20(14)35)9-13-2-4-16(33)5-3-13;/h2-5,8,18,22,33H,6-7,9-11H2,1H3,(H,27,34)(H,37,38)(H,26,28,32);/q;+1/p-1/b14-8+;/t18-,22-;/m1./s1. The maximum atomic E-state index is 13.0. The van der Waals surface area contributed by atoms with Crippen molar-refractivity contribution in [3.05, 3.63) is 52.7 Å². The summed E-state index contributed by atoms with van der Waals surface area (Å²) in [6.45, 7) is 2.14. The van der Waals surface area contributed by atoms with Crippen LogP contribution in [-0.4, -0.2) is 84.2 Å². The minimum Gasteiger partial charge on any atom is -0.543 e. The Kier molecular flexibility index (Phi) is 10.4. The summed E-state index contributed by atoms with van der Waals surface area (Å²) in [5.74, 6) is -2.79. The smallest absolute Gasteiger partial charge is 0.543 e. The number of hydrogen-bond acceptors (Lipinski definition) is 12. The van der Waals surface area contributed by atoms with Gasteiger partial charge >= 0.3 is 29.6 Å². The van der Waals surface area contributed by atoms with Crippen molar-refractivity contribution in [3.63, 3.8) is 0 Å². The number of hydrogen-bond donors (Lipinski definition) is 3. The fourth-order valence-corrected chi connectivity index (χ4v) is 7.45. The van der Waals surface area contributed by atoms with Crippen LogP contribution < -0.4 is 45.3 Å². The second-order valence-corrected chi connectivity index (χ2v) is 12.6. The number of aromatic hydroxyl groups is 1. The van der Waals surface area contributed by atoms with Crippen LogP contribution in [0.2, 0.25) is 0 Å². The number of amides is 4. The Bertz CT molecular complexity index is 1500. The Morgan fingerprint density at radius 2 is 1.95 bits per heavy atom. The van der Waals surface area contributed by atoms with Gasteiger partial charge in [0.1, 0.15) is 17.2 Å². The van der Waals surface area contributed by atoms with Crippen molar-refractivity contribution >= 4 is 69.6 Å². The molecule has 2 saturated heterocycles. The van der Waals surface area contributed by atoms with Crippen LogP contribution in [0.5, 0.6) is 5.75 Å². The first-order valence-corrected chi connectivity index (χ1v) is 15.2. The number of fused-ring (bicyclic) bond motifs is 1. The van der Waals surface area contributed by atoms with Crippen LogP contribution in [-0.2, 0) is 30.5 Å². The number of β-lactam (4-membered cyclic amide) rings is 1. The van der Waals surface area contributed by atoms with E-state index in [0.29, 0.717) is 40.1 Å². The van der Waals surface area contributed by atoms with Gasteiger partial charge < -0.3 is 30.5 Å². The molecule has 214 valence electrons. The van der Waals surface area contributed by atoms with E-state index in [1.165, 1.54) is 24.8 Å². The molecule has 0 saturated carbocycles. The summed E-state index contributed by atoms with van der Waals surface area (Å²) in [6, 6.07) is 5.63. The fraction of sp³-hybridized carbons (Fsp3) is 0.320. The summed E-state index contributed by atoms with van der Waals surface area (Å²) < 4.78 is 0.459. The Labute approximate surface area is 274 Å². The molecule has 0 radical (unpaired) electrons. The van der Waals surface area contributed by atoms with Crippen molar-refractivity contribution in [1.82, 2.24) is 25.3 Å². The Hall–Kier alpha value is -2.89. The minimum atomic E-state index is -1.53. The zero-order valence-corrected chi connectivity index (χ0v) is 26.9. The number of aliphatic carboxylic acids is 1. The summed E-state index contributed by atoms with van der Waals surface area (Å²) in [5, 5.41) is 34.1. The normalized spacial score (nSPS) is 20.6. The van der Waals surface area contributed by atoms with Crippen LogP contribution in [0.25, 0.3) is 0 Å². The van der Waals surface area contributed by atoms with Gasteiger partial charge in [0.25, 0.3) is 5.91 Å². The zero-order valence-electron chi connectivity index (χ0n) is 22.5. The summed E-state index contributed by atoms with van der Waals surface area (Å²) in [7, 11) is 0. The first-order valence-electron chi connectivity index (χ1n) is 12.3. The van der Waals surface area contributed by atoms with Crippen LogP contribution in [0.1, 0.15) is 18.9 Å². The quantitative estimate of drug-likeness (QED) is 0.0840. The average Bonchev–Trinajstić information content (AvgIpc) is 3.52. The third-order valence-electron chi connectivity index (χ3n) is 6.39.